The van der Waals surface area contributed by atoms with Gasteiger partial charge in [0.25, 0.3) is 6.43 Å². The molecule has 3 rings (SSSR count). The Hall–Kier alpha value is -2.37. The van der Waals surface area contributed by atoms with Crippen molar-refractivity contribution >= 4 is 11.6 Å². The van der Waals surface area contributed by atoms with E-state index in [0.717, 1.165) is 5.56 Å². The molecule has 4 nitrogen and oxygen atoms in total. The Morgan fingerprint density at radius 3 is 2.85 bits per heavy atom. The minimum atomic E-state index is -2.67. The Kier molecular flexibility index (Phi) is 2.93. The average Bonchev–Trinajstić information content (AvgIpc) is 2.55. The van der Waals surface area contributed by atoms with E-state index >= 15 is 0 Å². The van der Waals surface area contributed by atoms with Crippen LogP contribution in [0, 0.1) is 0 Å². The Bertz CT molecular complexity index is 688. The molecule has 0 spiro atoms. The number of anilines is 1. The number of amides is 1. The van der Waals surface area contributed by atoms with Gasteiger partial charge in [0.2, 0.25) is 5.91 Å². The fraction of sp³-hybridized carbons (Fsp3) is 0.214. The van der Waals surface area contributed by atoms with Gasteiger partial charge in [0.15, 0.2) is 0 Å². The summed E-state index contributed by atoms with van der Waals surface area (Å²) in [6.07, 6.45) is 0.288. The number of carbonyl (C=O) groups excluding carboxylic acids is 1. The van der Waals surface area contributed by atoms with E-state index in [-0.39, 0.29) is 11.6 Å². The molecule has 3 heterocycles. The Morgan fingerprint density at radius 1 is 1.30 bits per heavy atom. The molecule has 1 atom stereocenters. The second kappa shape index (κ2) is 4.63. The zero-order valence-electron chi connectivity index (χ0n) is 10.6. The number of carbonyl (C=O) groups is 1. The van der Waals surface area contributed by atoms with E-state index in [1.165, 1.54) is 12.3 Å². The number of halogens is 2. The smallest absolute Gasteiger partial charge is 0.280 e. The lowest BCUT2D eigenvalue weighted by molar-refractivity contribution is -0.117. The van der Waals surface area contributed by atoms with Gasteiger partial charge in [-0.05, 0) is 19.1 Å². The number of rotatable bonds is 1. The van der Waals surface area contributed by atoms with Crippen molar-refractivity contribution in [1.82, 2.24) is 9.97 Å². The first-order chi connectivity index (χ1) is 9.58. The lowest BCUT2D eigenvalue weighted by Gasteiger charge is -2.09. The van der Waals surface area contributed by atoms with Crippen LogP contribution in [0.4, 0.5) is 14.5 Å². The van der Waals surface area contributed by atoms with Gasteiger partial charge in [-0.25, -0.2) is 8.78 Å². The van der Waals surface area contributed by atoms with Crippen molar-refractivity contribution in [3.8, 4) is 11.1 Å². The predicted molar refractivity (Wildman–Crippen MR) is 69.5 cm³/mol. The third-order valence-electron chi connectivity index (χ3n) is 3.34. The second-order valence-corrected chi connectivity index (χ2v) is 4.60. The topological polar surface area (TPSA) is 54.9 Å². The molecule has 0 fully saturated rings. The van der Waals surface area contributed by atoms with E-state index in [1.807, 2.05) is 6.07 Å². The quantitative estimate of drug-likeness (QED) is 0.869. The average molecular weight is 275 g/mol. The van der Waals surface area contributed by atoms with Crippen LogP contribution in [-0.2, 0) is 4.79 Å². The molecule has 0 saturated heterocycles. The van der Waals surface area contributed by atoms with Gasteiger partial charge in [0.05, 0.1) is 17.3 Å². The van der Waals surface area contributed by atoms with Crippen molar-refractivity contribution in [3.05, 3.63) is 42.0 Å². The molecule has 0 aromatic carbocycles. The molecule has 20 heavy (non-hydrogen) atoms. The van der Waals surface area contributed by atoms with Crippen molar-refractivity contribution in [3.63, 3.8) is 0 Å². The predicted octanol–water partition coefficient (Wildman–Crippen LogP) is 3.14. The number of nitrogens with one attached hydrogen (secondary N) is 1. The van der Waals surface area contributed by atoms with Crippen LogP contribution in [0.3, 0.4) is 0 Å². The standard InChI is InChI=1S/C14H11F2N3O/c1-7-12-8(3-2-4-17-12)9-6-18-11(13(15)16)5-10(9)19-14(7)20/h2-7,13H,1H3,(H,19,20). The molecule has 2 aromatic heterocycles. The lowest BCUT2D eigenvalue weighted by atomic mass is 9.98. The molecule has 1 unspecified atom stereocenters. The third-order valence-corrected chi connectivity index (χ3v) is 3.34. The highest BCUT2D eigenvalue weighted by Crippen LogP contribution is 2.37. The van der Waals surface area contributed by atoms with Crippen LogP contribution in [-0.4, -0.2) is 15.9 Å². The normalized spacial score (nSPS) is 17.2. The summed E-state index contributed by atoms with van der Waals surface area (Å²) in [6, 6.07) is 4.76. The monoisotopic (exact) mass is 275 g/mol. The first kappa shape index (κ1) is 12.7. The molecule has 0 bridgehead atoms. The molecule has 6 heteroatoms. The first-order valence-electron chi connectivity index (χ1n) is 6.12. The third kappa shape index (κ3) is 1.93. The molecule has 1 aliphatic rings. The maximum Gasteiger partial charge on any atom is 0.280 e. The van der Waals surface area contributed by atoms with Crippen molar-refractivity contribution < 1.29 is 13.6 Å². The van der Waals surface area contributed by atoms with Crippen LogP contribution in [0.15, 0.2) is 30.6 Å². The summed E-state index contributed by atoms with van der Waals surface area (Å²) in [5.41, 5.74) is 1.95. The summed E-state index contributed by atoms with van der Waals surface area (Å²) in [6.45, 7) is 1.73. The van der Waals surface area contributed by atoms with E-state index in [4.69, 9.17) is 0 Å². The number of nitrogens with zero attached hydrogens (tertiary/aromatic N) is 2. The summed E-state index contributed by atoms with van der Waals surface area (Å²) in [4.78, 5) is 20.0. The highest BCUT2D eigenvalue weighted by atomic mass is 19.3. The van der Waals surface area contributed by atoms with Crippen molar-refractivity contribution in [1.29, 1.82) is 0 Å². The Morgan fingerprint density at radius 2 is 2.10 bits per heavy atom. The van der Waals surface area contributed by atoms with Crippen LogP contribution < -0.4 is 5.32 Å². The van der Waals surface area contributed by atoms with Gasteiger partial charge in [0, 0.05) is 23.5 Å². The molecule has 1 N–H and O–H groups in total. The molecular formula is C14H11F2N3O. The zero-order chi connectivity index (χ0) is 14.3. The molecule has 2 aromatic rings. The molecule has 0 radical (unpaired) electrons. The second-order valence-electron chi connectivity index (χ2n) is 4.60. The van der Waals surface area contributed by atoms with E-state index in [9.17, 15) is 13.6 Å². The molecule has 1 amide bonds. The summed E-state index contributed by atoms with van der Waals surface area (Å²) >= 11 is 0. The van der Waals surface area contributed by atoms with E-state index < -0.39 is 12.3 Å². The summed E-state index contributed by atoms with van der Waals surface area (Å²) in [7, 11) is 0. The van der Waals surface area contributed by atoms with E-state index in [2.05, 4.69) is 15.3 Å². The molecular weight excluding hydrogens is 264 g/mol. The number of hydrogen-bond donors (Lipinski definition) is 1. The van der Waals surface area contributed by atoms with Crippen LogP contribution in [0.1, 0.15) is 30.7 Å². The summed E-state index contributed by atoms with van der Waals surface area (Å²) in [5.74, 6) is -0.719. The maximum atomic E-state index is 12.7. The molecule has 1 aliphatic heterocycles. The van der Waals surface area contributed by atoms with Crippen LogP contribution >= 0.6 is 0 Å². The number of fused-ring (bicyclic) bond motifs is 3. The fourth-order valence-electron chi connectivity index (χ4n) is 2.26. The van der Waals surface area contributed by atoms with Crippen molar-refractivity contribution in [2.45, 2.75) is 19.3 Å². The highest BCUT2D eigenvalue weighted by Gasteiger charge is 2.27. The molecule has 0 aliphatic carbocycles. The maximum absolute atomic E-state index is 12.7. The Labute approximate surface area is 113 Å². The SMILES string of the molecule is CC1C(=O)Nc2cc(C(F)F)ncc2-c2cccnc21. The highest BCUT2D eigenvalue weighted by molar-refractivity contribution is 6.02. The van der Waals surface area contributed by atoms with Crippen LogP contribution in [0.2, 0.25) is 0 Å². The Balaban J connectivity index is 2.24. The number of alkyl halides is 2. The fourth-order valence-corrected chi connectivity index (χ4v) is 2.26. The van der Waals surface area contributed by atoms with Gasteiger partial charge < -0.3 is 5.32 Å². The minimum Gasteiger partial charge on any atom is -0.325 e. The van der Waals surface area contributed by atoms with E-state index in [0.29, 0.717) is 16.9 Å². The molecule has 102 valence electrons. The largest absolute Gasteiger partial charge is 0.325 e. The van der Waals surface area contributed by atoms with Crippen LogP contribution in [0.25, 0.3) is 11.1 Å². The summed E-state index contributed by atoms with van der Waals surface area (Å²) < 4.78 is 25.4. The van der Waals surface area contributed by atoms with Gasteiger partial charge in [0.1, 0.15) is 5.69 Å². The number of aromatic nitrogens is 2. The van der Waals surface area contributed by atoms with Gasteiger partial charge in [-0.15, -0.1) is 0 Å². The van der Waals surface area contributed by atoms with Gasteiger partial charge in [-0.1, -0.05) is 6.07 Å². The van der Waals surface area contributed by atoms with Gasteiger partial charge >= 0.3 is 0 Å². The first-order valence-corrected chi connectivity index (χ1v) is 6.12. The number of pyridine rings is 2. The minimum absolute atomic E-state index is 0.268. The van der Waals surface area contributed by atoms with Gasteiger partial charge in [-0.3, -0.25) is 14.8 Å². The summed E-state index contributed by atoms with van der Waals surface area (Å²) in [5, 5.41) is 2.66. The van der Waals surface area contributed by atoms with Gasteiger partial charge in [-0.2, -0.15) is 0 Å². The van der Waals surface area contributed by atoms with Crippen molar-refractivity contribution in [2.24, 2.45) is 0 Å². The van der Waals surface area contributed by atoms with Crippen LogP contribution in [0.5, 0.6) is 0 Å². The molecule has 0 saturated carbocycles. The van der Waals surface area contributed by atoms with E-state index in [1.54, 1.807) is 19.2 Å². The lowest BCUT2D eigenvalue weighted by Crippen LogP contribution is -2.18. The zero-order valence-corrected chi connectivity index (χ0v) is 10.6. The number of hydrogen-bond acceptors (Lipinski definition) is 3. The van der Waals surface area contributed by atoms with Crippen molar-refractivity contribution in [2.75, 3.05) is 5.32 Å².